The molecule has 1 heterocycles. The summed E-state index contributed by atoms with van der Waals surface area (Å²) in [4.78, 5) is 25.6. The molecule has 6 nitrogen and oxygen atoms in total. The van der Waals surface area contributed by atoms with Crippen molar-refractivity contribution in [3.05, 3.63) is 72.3 Å². The lowest BCUT2D eigenvalue weighted by Crippen LogP contribution is -2.36. The van der Waals surface area contributed by atoms with E-state index in [4.69, 9.17) is 4.74 Å². The maximum atomic E-state index is 12.3. The Balaban J connectivity index is 1.74. The number of para-hydroxylation sites is 2. The number of amides is 2. The van der Waals surface area contributed by atoms with Crippen LogP contribution in [-0.4, -0.2) is 25.5 Å². The zero-order chi connectivity index (χ0) is 22.7. The van der Waals surface area contributed by atoms with E-state index in [0.29, 0.717) is 6.54 Å². The van der Waals surface area contributed by atoms with Crippen molar-refractivity contribution in [1.82, 2.24) is 0 Å². The van der Waals surface area contributed by atoms with Crippen LogP contribution in [0.2, 0.25) is 0 Å². The molecule has 0 aliphatic carbocycles. The Hall–Kier alpha value is -3.80. The normalized spacial score (nSPS) is 15.0. The highest BCUT2D eigenvalue weighted by Gasteiger charge is 2.28. The lowest BCUT2D eigenvalue weighted by molar-refractivity contribution is -0.116. The Morgan fingerprint density at radius 2 is 1.75 bits per heavy atom. The molecule has 164 valence electrons. The molecular formula is C26H27N3O3. The number of fused-ring (bicyclic) bond motifs is 1. The maximum Gasteiger partial charge on any atom is 0.223 e. The van der Waals surface area contributed by atoms with Gasteiger partial charge in [-0.25, -0.2) is 0 Å². The average Bonchev–Trinajstić information content (AvgIpc) is 2.79. The van der Waals surface area contributed by atoms with E-state index in [1.807, 2.05) is 65.6 Å². The number of hydrogen-bond acceptors (Lipinski definition) is 4. The zero-order valence-electron chi connectivity index (χ0n) is 18.5. The molecule has 0 aromatic heterocycles. The van der Waals surface area contributed by atoms with Crippen molar-refractivity contribution < 1.29 is 14.3 Å². The Labute approximate surface area is 188 Å². The number of hydrogen-bond donors (Lipinski definition) is 2. The number of nitrogens with zero attached hydrogens (tertiary/aromatic N) is 1. The molecule has 3 aromatic rings. The summed E-state index contributed by atoms with van der Waals surface area (Å²) in [5, 5.41) is 6.45. The predicted molar refractivity (Wildman–Crippen MR) is 128 cm³/mol. The van der Waals surface area contributed by atoms with Crippen molar-refractivity contribution in [3.63, 3.8) is 0 Å². The Morgan fingerprint density at radius 3 is 2.50 bits per heavy atom. The first-order chi connectivity index (χ1) is 15.5. The fourth-order valence-electron chi connectivity index (χ4n) is 4.20. The van der Waals surface area contributed by atoms with E-state index in [1.54, 1.807) is 14.0 Å². The molecule has 4 rings (SSSR count). The summed E-state index contributed by atoms with van der Waals surface area (Å²) in [7, 11) is 1.66. The quantitative estimate of drug-likeness (QED) is 0.583. The number of ether oxygens (including phenoxy) is 1. The number of carbonyl (C=O) groups excluding carboxylic acids is 2. The van der Waals surface area contributed by atoms with Gasteiger partial charge in [-0.3, -0.25) is 9.59 Å². The van der Waals surface area contributed by atoms with Crippen molar-refractivity contribution >= 4 is 28.9 Å². The van der Waals surface area contributed by atoms with Crippen LogP contribution in [-0.2, 0) is 9.59 Å². The van der Waals surface area contributed by atoms with Crippen molar-refractivity contribution in [2.75, 3.05) is 29.2 Å². The van der Waals surface area contributed by atoms with E-state index >= 15 is 0 Å². The summed E-state index contributed by atoms with van der Waals surface area (Å²) in [6, 6.07) is 21.8. The highest BCUT2D eigenvalue weighted by atomic mass is 16.5. The molecule has 2 N–H and O–H groups in total. The van der Waals surface area contributed by atoms with Gasteiger partial charge in [0.05, 0.1) is 18.8 Å². The van der Waals surface area contributed by atoms with E-state index in [-0.39, 0.29) is 17.9 Å². The zero-order valence-corrected chi connectivity index (χ0v) is 18.5. The van der Waals surface area contributed by atoms with E-state index in [1.165, 1.54) is 6.92 Å². The minimum absolute atomic E-state index is 0.0235. The van der Waals surface area contributed by atoms with Gasteiger partial charge in [-0.2, -0.15) is 0 Å². The second-order valence-corrected chi connectivity index (χ2v) is 7.89. The summed E-state index contributed by atoms with van der Waals surface area (Å²) in [6.45, 7) is 3.74. The van der Waals surface area contributed by atoms with Crippen molar-refractivity contribution in [3.8, 4) is 16.9 Å². The SMILES string of the molecule is COc1ccccc1NC1CCN(C(C)=O)c2ccc(-c3cccc(NC(C)=O)c3)cc21. The van der Waals surface area contributed by atoms with Gasteiger partial charge in [-0.05, 0) is 59.5 Å². The fraction of sp³-hybridized carbons (Fsp3) is 0.231. The molecule has 2 amide bonds. The van der Waals surface area contributed by atoms with Crippen molar-refractivity contribution in [2.24, 2.45) is 0 Å². The van der Waals surface area contributed by atoms with E-state index < -0.39 is 0 Å². The van der Waals surface area contributed by atoms with Crippen LogP contribution in [0, 0.1) is 0 Å². The Kier molecular flexibility index (Phi) is 6.12. The summed E-state index contributed by atoms with van der Waals surface area (Å²) < 4.78 is 5.51. The topological polar surface area (TPSA) is 70.7 Å². The standard InChI is InChI=1S/C26H27N3O3/c1-17(30)27-21-8-6-7-19(15-21)20-11-12-25-22(16-20)23(13-14-29(25)18(2)31)28-24-9-4-5-10-26(24)32-3/h4-12,15-16,23,28H,13-14H2,1-3H3,(H,27,30). The van der Waals surface area contributed by atoms with Gasteiger partial charge >= 0.3 is 0 Å². The number of carbonyl (C=O) groups is 2. The monoisotopic (exact) mass is 429 g/mol. The molecule has 0 saturated heterocycles. The molecule has 0 bridgehead atoms. The fourth-order valence-corrected chi connectivity index (χ4v) is 4.20. The molecule has 1 aliphatic heterocycles. The lowest BCUT2D eigenvalue weighted by atomic mass is 9.92. The lowest BCUT2D eigenvalue weighted by Gasteiger charge is -2.35. The Bertz CT molecular complexity index is 1160. The van der Waals surface area contributed by atoms with Crippen LogP contribution in [0.3, 0.4) is 0 Å². The van der Waals surface area contributed by atoms with E-state index in [0.717, 1.165) is 45.9 Å². The van der Waals surface area contributed by atoms with Gasteiger partial charge in [0.2, 0.25) is 11.8 Å². The molecule has 1 aliphatic rings. The van der Waals surface area contributed by atoms with Gasteiger partial charge in [0, 0.05) is 31.8 Å². The van der Waals surface area contributed by atoms with Crippen LogP contribution in [0.5, 0.6) is 5.75 Å². The highest BCUT2D eigenvalue weighted by Crippen LogP contribution is 2.40. The third-order valence-electron chi connectivity index (χ3n) is 5.67. The molecule has 0 radical (unpaired) electrons. The summed E-state index contributed by atoms with van der Waals surface area (Å²) in [6.07, 6.45) is 0.778. The molecule has 32 heavy (non-hydrogen) atoms. The number of benzene rings is 3. The summed E-state index contributed by atoms with van der Waals surface area (Å²) in [5.41, 5.74) is 5.66. The van der Waals surface area contributed by atoms with Crippen molar-refractivity contribution in [2.45, 2.75) is 26.3 Å². The first kappa shape index (κ1) is 21.4. The van der Waals surface area contributed by atoms with E-state index in [2.05, 4.69) is 16.7 Å². The second kappa shape index (κ2) is 9.14. The number of rotatable bonds is 5. The van der Waals surface area contributed by atoms with Crippen molar-refractivity contribution in [1.29, 1.82) is 0 Å². The first-order valence-electron chi connectivity index (χ1n) is 10.7. The average molecular weight is 430 g/mol. The molecule has 6 heteroatoms. The third-order valence-corrected chi connectivity index (χ3v) is 5.67. The molecule has 0 spiro atoms. The molecule has 0 fully saturated rings. The molecule has 0 saturated carbocycles. The minimum Gasteiger partial charge on any atom is -0.495 e. The van der Waals surface area contributed by atoms with Crippen LogP contribution in [0.1, 0.15) is 31.9 Å². The summed E-state index contributed by atoms with van der Waals surface area (Å²) in [5.74, 6) is 0.704. The van der Waals surface area contributed by atoms with Gasteiger partial charge in [0.15, 0.2) is 0 Å². The predicted octanol–water partition coefficient (Wildman–Crippen LogP) is 5.23. The number of anilines is 3. The van der Waals surface area contributed by atoms with Crippen LogP contribution >= 0.6 is 0 Å². The van der Waals surface area contributed by atoms with Gasteiger partial charge in [-0.15, -0.1) is 0 Å². The molecule has 1 atom stereocenters. The summed E-state index contributed by atoms with van der Waals surface area (Å²) >= 11 is 0. The highest BCUT2D eigenvalue weighted by molar-refractivity contribution is 5.94. The number of methoxy groups -OCH3 is 1. The first-order valence-corrected chi connectivity index (χ1v) is 10.7. The smallest absolute Gasteiger partial charge is 0.223 e. The minimum atomic E-state index is -0.106. The number of nitrogens with one attached hydrogen (secondary N) is 2. The Morgan fingerprint density at radius 1 is 0.969 bits per heavy atom. The van der Waals surface area contributed by atoms with Gasteiger partial charge in [0.25, 0.3) is 0 Å². The third kappa shape index (κ3) is 4.44. The van der Waals surface area contributed by atoms with Gasteiger partial charge in [0.1, 0.15) is 5.75 Å². The van der Waals surface area contributed by atoms with Crippen LogP contribution in [0.25, 0.3) is 11.1 Å². The molecule has 3 aromatic carbocycles. The second-order valence-electron chi connectivity index (χ2n) is 7.89. The maximum absolute atomic E-state index is 12.3. The van der Waals surface area contributed by atoms with Crippen LogP contribution in [0.15, 0.2) is 66.7 Å². The van der Waals surface area contributed by atoms with Crippen LogP contribution < -0.4 is 20.3 Å². The van der Waals surface area contributed by atoms with Gasteiger partial charge in [-0.1, -0.05) is 30.3 Å². The largest absolute Gasteiger partial charge is 0.495 e. The molecular weight excluding hydrogens is 402 g/mol. The molecule has 1 unspecified atom stereocenters. The van der Waals surface area contributed by atoms with Crippen LogP contribution in [0.4, 0.5) is 17.1 Å². The van der Waals surface area contributed by atoms with Gasteiger partial charge < -0.3 is 20.3 Å². The van der Waals surface area contributed by atoms with E-state index in [9.17, 15) is 9.59 Å².